The van der Waals surface area contributed by atoms with Gasteiger partial charge in [0.05, 0.1) is 17.7 Å². The van der Waals surface area contributed by atoms with Crippen LogP contribution in [0.5, 0.6) is 0 Å². The van der Waals surface area contributed by atoms with Crippen LogP contribution in [0, 0.1) is 10.5 Å². The largest absolute Gasteiger partial charge is 0.465 e. The first-order valence-corrected chi connectivity index (χ1v) is 5.06. The van der Waals surface area contributed by atoms with Crippen LogP contribution in [0.15, 0.2) is 12.1 Å². The lowest BCUT2D eigenvalue weighted by Gasteiger charge is -2.06. The van der Waals surface area contributed by atoms with Gasteiger partial charge in [-0.05, 0) is 47.2 Å². The molecule has 0 atom stereocenters. The van der Waals surface area contributed by atoms with E-state index in [-0.39, 0.29) is 5.97 Å². The number of ether oxygens (including phenoxy) is 1. The summed E-state index contributed by atoms with van der Waals surface area (Å²) in [6.07, 6.45) is 0. The fourth-order valence-corrected chi connectivity index (χ4v) is 1.66. The summed E-state index contributed by atoms with van der Waals surface area (Å²) in [6, 6.07) is 3.37. The van der Waals surface area contributed by atoms with Crippen molar-refractivity contribution >= 4 is 40.2 Å². The van der Waals surface area contributed by atoms with E-state index in [1.807, 2.05) is 6.92 Å². The summed E-state index contributed by atoms with van der Waals surface area (Å²) in [4.78, 5) is 11.2. The molecule has 0 spiro atoms. The van der Waals surface area contributed by atoms with E-state index >= 15 is 0 Å². The van der Waals surface area contributed by atoms with Gasteiger partial charge in [0.1, 0.15) is 0 Å². The number of rotatable bonds is 1. The summed E-state index contributed by atoms with van der Waals surface area (Å²) in [5, 5.41) is 0.658. The van der Waals surface area contributed by atoms with E-state index in [2.05, 4.69) is 27.3 Å². The van der Waals surface area contributed by atoms with Gasteiger partial charge in [0, 0.05) is 3.57 Å². The average Bonchev–Trinajstić information content (AvgIpc) is 2.13. The van der Waals surface area contributed by atoms with E-state index in [1.54, 1.807) is 12.1 Å². The second-order valence-corrected chi connectivity index (χ2v) is 4.01. The summed E-state index contributed by atoms with van der Waals surface area (Å²) in [7, 11) is 1.36. The fourth-order valence-electron chi connectivity index (χ4n) is 0.983. The maximum atomic E-state index is 11.2. The molecular weight excluding hydrogens is 302 g/mol. The second-order valence-electron chi connectivity index (χ2n) is 2.53. The number of benzene rings is 1. The lowest BCUT2D eigenvalue weighted by Crippen LogP contribution is -2.04. The van der Waals surface area contributed by atoms with Crippen molar-refractivity contribution in [2.24, 2.45) is 0 Å². The molecule has 0 unspecified atom stereocenters. The number of hydrogen-bond acceptors (Lipinski definition) is 2. The van der Waals surface area contributed by atoms with Crippen LogP contribution in [0.25, 0.3) is 0 Å². The van der Waals surface area contributed by atoms with E-state index in [9.17, 15) is 4.79 Å². The maximum Gasteiger partial charge on any atom is 0.338 e. The zero-order chi connectivity index (χ0) is 10.0. The summed E-state index contributed by atoms with van der Waals surface area (Å²) in [5.74, 6) is -0.327. The highest BCUT2D eigenvalue weighted by molar-refractivity contribution is 14.1. The molecule has 0 aliphatic rings. The smallest absolute Gasteiger partial charge is 0.338 e. The van der Waals surface area contributed by atoms with Crippen LogP contribution in [0.4, 0.5) is 0 Å². The number of carbonyl (C=O) groups excluding carboxylic acids is 1. The number of carbonyl (C=O) groups is 1. The topological polar surface area (TPSA) is 26.3 Å². The van der Waals surface area contributed by atoms with Gasteiger partial charge in [-0.15, -0.1) is 0 Å². The Hall–Kier alpha value is -0.290. The molecule has 4 heteroatoms. The molecule has 0 bridgehead atoms. The Morgan fingerprint density at radius 2 is 2.15 bits per heavy atom. The van der Waals surface area contributed by atoms with E-state index in [1.165, 1.54) is 7.11 Å². The first-order chi connectivity index (χ1) is 6.07. The van der Waals surface area contributed by atoms with Gasteiger partial charge in [-0.25, -0.2) is 4.79 Å². The fraction of sp³-hybridized carbons (Fsp3) is 0.222. The van der Waals surface area contributed by atoms with Gasteiger partial charge in [-0.1, -0.05) is 11.6 Å². The number of hydrogen-bond donors (Lipinski definition) is 0. The number of esters is 1. The SMILES string of the molecule is COC(=O)c1ccc(Cl)c(I)c1C. The number of halogens is 2. The molecular formula is C9H8ClIO2. The van der Waals surface area contributed by atoms with Crippen molar-refractivity contribution in [2.75, 3.05) is 7.11 Å². The van der Waals surface area contributed by atoms with Crippen molar-refractivity contribution in [3.05, 3.63) is 31.9 Å². The minimum atomic E-state index is -0.327. The van der Waals surface area contributed by atoms with Crippen molar-refractivity contribution in [1.29, 1.82) is 0 Å². The van der Waals surface area contributed by atoms with Crippen LogP contribution in [-0.2, 0) is 4.74 Å². The highest BCUT2D eigenvalue weighted by Crippen LogP contribution is 2.24. The minimum absolute atomic E-state index is 0.327. The monoisotopic (exact) mass is 310 g/mol. The summed E-state index contributed by atoms with van der Waals surface area (Å²) in [5.41, 5.74) is 1.43. The van der Waals surface area contributed by atoms with Crippen molar-refractivity contribution in [3.8, 4) is 0 Å². The normalized spacial score (nSPS) is 9.85. The van der Waals surface area contributed by atoms with Gasteiger partial charge in [0.25, 0.3) is 0 Å². The predicted molar refractivity (Wildman–Crippen MR) is 60.2 cm³/mol. The molecule has 0 N–H and O–H groups in total. The van der Waals surface area contributed by atoms with Gasteiger partial charge >= 0.3 is 5.97 Å². The summed E-state index contributed by atoms with van der Waals surface area (Å²) >= 11 is 7.98. The first-order valence-electron chi connectivity index (χ1n) is 3.61. The van der Waals surface area contributed by atoms with E-state index in [0.29, 0.717) is 10.6 Å². The quantitative estimate of drug-likeness (QED) is 0.589. The molecule has 2 nitrogen and oxygen atoms in total. The number of methoxy groups -OCH3 is 1. The van der Waals surface area contributed by atoms with E-state index in [0.717, 1.165) is 9.13 Å². The van der Waals surface area contributed by atoms with Crippen molar-refractivity contribution in [1.82, 2.24) is 0 Å². The molecule has 0 radical (unpaired) electrons. The standard InChI is InChI=1S/C9H8ClIO2/c1-5-6(9(12)13-2)3-4-7(10)8(5)11/h3-4H,1-2H3. The lowest BCUT2D eigenvalue weighted by molar-refractivity contribution is 0.0600. The van der Waals surface area contributed by atoms with Crippen LogP contribution in [-0.4, -0.2) is 13.1 Å². The molecule has 70 valence electrons. The van der Waals surface area contributed by atoms with Crippen LogP contribution < -0.4 is 0 Å². The molecule has 0 aliphatic carbocycles. The average molecular weight is 311 g/mol. The van der Waals surface area contributed by atoms with Crippen molar-refractivity contribution < 1.29 is 9.53 Å². The molecule has 0 aliphatic heterocycles. The third-order valence-electron chi connectivity index (χ3n) is 1.74. The Balaban J connectivity index is 3.26. The van der Waals surface area contributed by atoms with Gasteiger partial charge < -0.3 is 4.74 Å². The Kier molecular flexibility index (Phi) is 3.55. The third kappa shape index (κ3) is 2.14. The highest BCUT2D eigenvalue weighted by Gasteiger charge is 2.12. The Bertz CT molecular complexity index is 350. The first kappa shape index (κ1) is 10.8. The van der Waals surface area contributed by atoms with Gasteiger partial charge in [-0.2, -0.15) is 0 Å². The minimum Gasteiger partial charge on any atom is -0.465 e. The Morgan fingerprint density at radius 3 is 2.69 bits per heavy atom. The molecule has 0 amide bonds. The summed E-state index contributed by atoms with van der Waals surface area (Å²) in [6.45, 7) is 1.85. The van der Waals surface area contributed by atoms with Crippen LogP contribution >= 0.6 is 34.2 Å². The van der Waals surface area contributed by atoms with Crippen LogP contribution in [0.1, 0.15) is 15.9 Å². The predicted octanol–water partition coefficient (Wildman–Crippen LogP) is 3.04. The van der Waals surface area contributed by atoms with Crippen LogP contribution in [0.3, 0.4) is 0 Å². The maximum absolute atomic E-state index is 11.2. The Morgan fingerprint density at radius 1 is 1.54 bits per heavy atom. The molecule has 1 aromatic rings. The van der Waals surface area contributed by atoms with E-state index < -0.39 is 0 Å². The van der Waals surface area contributed by atoms with Gasteiger partial charge in [-0.3, -0.25) is 0 Å². The van der Waals surface area contributed by atoms with E-state index in [4.69, 9.17) is 11.6 Å². The van der Waals surface area contributed by atoms with Crippen LogP contribution in [0.2, 0.25) is 5.02 Å². The molecule has 1 rings (SSSR count). The van der Waals surface area contributed by atoms with Crippen molar-refractivity contribution in [2.45, 2.75) is 6.92 Å². The zero-order valence-corrected chi connectivity index (χ0v) is 10.1. The molecule has 0 aromatic heterocycles. The van der Waals surface area contributed by atoms with Gasteiger partial charge in [0.15, 0.2) is 0 Å². The molecule has 13 heavy (non-hydrogen) atoms. The second kappa shape index (κ2) is 4.28. The molecule has 0 saturated heterocycles. The lowest BCUT2D eigenvalue weighted by atomic mass is 10.1. The third-order valence-corrected chi connectivity index (χ3v) is 3.77. The molecule has 0 saturated carbocycles. The molecule has 1 aromatic carbocycles. The zero-order valence-electron chi connectivity index (χ0n) is 7.23. The summed E-state index contributed by atoms with van der Waals surface area (Å²) < 4.78 is 5.52. The van der Waals surface area contributed by atoms with Gasteiger partial charge in [0.2, 0.25) is 0 Å². The molecule has 0 fully saturated rings. The highest BCUT2D eigenvalue weighted by atomic mass is 127. The Labute approximate surface area is 95.4 Å². The molecule has 0 heterocycles. The van der Waals surface area contributed by atoms with Crippen molar-refractivity contribution in [3.63, 3.8) is 0 Å².